The number of aliphatic carboxylic acids is 1. The van der Waals surface area contributed by atoms with Crippen molar-refractivity contribution in [2.75, 3.05) is 41.5 Å². The Bertz CT molecular complexity index is 1700. The molecule has 0 spiro atoms. The zero-order chi connectivity index (χ0) is 43.0. The van der Waals surface area contributed by atoms with Crippen LogP contribution in [0.3, 0.4) is 0 Å². The van der Waals surface area contributed by atoms with E-state index in [0.29, 0.717) is 19.4 Å². The Labute approximate surface area is 344 Å². The Balaban J connectivity index is 1.48. The van der Waals surface area contributed by atoms with Crippen LogP contribution < -0.4 is 5.32 Å². The molecule has 1 saturated heterocycles. The van der Waals surface area contributed by atoms with E-state index in [-0.39, 0.29) is 48.5 Å². The SMILES string of the molecule is CC[C@H](C)[C@@H]([C@@H](CC(=O)N1CCC[C@H]1[C@H](OC)[C@@H](C)C(=O)O)OC)N(C)C(=O)[C@@H](NC(=O)[C@H](C(C)C)N(C)C(=O)OCC1c2ccccc2-c2ccccc21)C(C)C. The van der Waals surface area contributed by atoms with Gasteiger partial charge in [0.2, 0.25) is 17.7 Å². The number of ether oxygens (including phenoxy) is 3. The zero-order valence-electron chi connectivity index (χ0n) is 36.3. The summed E-state index contributed by atoms with van der Waals surface area (Å²) in [5.74, 6) is -3.69. The second-order valence-corrected chi connectivity index (χ2v) is 16.8. The number of likely N-dealkylation sites (tertiary alicyclic amines) is 1. The van der Waals surface area contributed by atoms with E-state index >= 15 is 0 Å². The normalized spacial score (nSPS) is 18.7. The molecule has 4 amide bonds. The van der Waals surface area contributed by atoms with Crippen LogP contribution in [0.5, 0.6) is 0 Å². The Kier molecular flexibility index (Phi) is 16.3. The number of benzene rings is 2. The standard InChI is InChI=1S/C45H66N4O9/c1-12-28(6)40(36(56-10)24-37(50)49-23-17-22-35(49)41(57-11)29(7)44(53)54)47(8)43(52)38(26(2)3)46-42(51)39(27(4)5)48(9)45(55)58-25-34-32-20-15-13-18-30(32)31-19-14-16-21-33(31)34/h13-16,18-21,26-29,34-36,38-41H,12,17,22-25H2,1-11H3,(H,46,51)(H,53,54)/t28-,29+,35-,36+,38-,39-,40-,41+/m0/s1. The highest BCUT2D eigenvalue weighted by Crippen LogP contribution is 2.44. The van der Waals surface area contributed by atoms with Gasteiger partial charge in [-0.05, 0) is 59.8 Å². The zero-order valence-corrected chi connectivity index (χ0v) is 36.3. The van der Waals surface area contributed by atoms with E-state index < -0.39 is 60.3 Å². The van der Waals surface area contributed by atoms with E-state index in [2.05, 4.69) is 17.4 Å². The van der Waals surface area contributed by atoms with Gasteiger partial charge < -0.3 is 34.4 Å². The van der Waals surface area contributed by atoms with E-state index in [4.69, 9.17) is 14.2 Å². The van der Waals surface area contributed by atoms with Gasteiger partial charge in [0.15, 0.2) is 0 Å². The maximum atomic E-state index is 14.5. The van der Waals surface area contributed by atoms with Crippen molar-refractivity contribution >= 4 is 29.8 Å². The minimum absolute atomic E-state index is 0.0312. The Morgan fingerprint density at radius 2 is 1.45 bits per heavy atom. The summed E-state index contributed by atoms with van der Waals surface area (Å²) in [6.45, 7) is 13.6. The summed E-state index contributed by atoms with van der Waals surface area (Å²) >= 11 is 0. The predicted molar refractivity (Wildman–Crippen MR) is 222 cm³/mol. The molecule has 4 rings (SSSR count). The fraction of sp³-hybridized carbons (Fsp3) is 0.622. The van der Waals surface area contributed by atoms with E-state index in [1.54, 1.807) is 30.8 Å². The highest BCUT2D eigenvalue weighted by Gasteiger charge is 2.43. The number of rotatable bonds is 19. The van der Waals surface area contributed by atoms with Gasteiger partial charge >= 0.3 is 12.1 Å². The van der Waals surface area contributed by atoms with Crippen LogP contribution in [0, 0.1) is 23.7 Å². The molecule has 320 valence electrons. The molecule has 0 unspecified atom stereocenters. The van der Waals surface area contributed by atoms with Gasteiger partial charge in [0.05, 0.1) is 36.6 Å². The number of methoxy groups -OCH3 is 2. The fourth-order valence-electron chi connectivity index (χ4n) is 9.00. The lowest BCUT2D eigenvalue weighted by Gasteiger charge is -2.41. The molecular formula is C45H66N4O9. The fourth-order valence-corrected chi connectivity index (χ4v) is 9.00. The van der Waals surface area contributed by atoms with Crippen molar-refractivity contribution in [3.8, 4) is 11.1 Å². The first-order valence-corrected chi connectivity index (χ1v) is 20.7. The summed E-state index contributed by atoms with van der Waals surface area (Å²) in [4.78, 5) is 72.7. The number of amides is 4. The number of carboxylic acid groups (broad SMARTS) is 1. The van der Waals surface area contributed by atoms with Crippen molar-refractivity contribution in [3.63, 3.8) is 0 Å². The number of carbonyl (C=O) groups excluding carboxylic acids is 4. The van der Waals surface area contributed by atoms with Crippen molar-refractivity contribution in [3.05, 3.63) is 59.7 Å². The Morgan fingerprint density at radius 1 is 0.862 bits per heavy atom. The summed E-state index contributed by atoms with van der Waals surface area (Å²) in [7, 11) is 6.21. The van der Waals surface area contributed by atoms with E-state index in [1.807, 2.05) is 77.9 Å². The van der Waals surface area contributed by atoms with Crippen molar-refractivity contribution < 1.29 is 43.3 Å². The molecule has 0 aromatic heterocycles. The summed E-state index contributed by atoms with van der Waals surface area (Å²) in [5, 5.41) is 12.7. The molecule has 2 aliphatic rings. The van der Waals surface area contributed by atoms with Crippen LogP contribution in [-0.4, -0.2) is 127 Å². The number of nitrogens with one attached hydrogen (secondary N) is 1. The minimum Gasteiger partial charge on any atom is -0.481 e. The number of carboxylic acids is 1. The monoisotopic (exact) mass is 806 g/mol. The smallest absolute Gasteiger partial charge is 0.410 e. The van der Waals surface area contributed by atoms with Gasteiger partial charge in [0.1, 0.15) is 18.7 Å². The van der Waals surface area contributed by atoms with Gasteiger partial charge in [0, 0.05) is 40.8 Å². The quantitative estimate of drug-likeness (QED) is 0.173. The molecule has 13 heteroatoms. The second kappa shape index (κ2) is 20.5. The number of fused-ring (bicyclic) bond motifs is 3. The molecule has 0 saturated carbocycles. The third-order valence-electron chi connectivity index (χ3n) is 12.4. The van der Waals surface area contributed by atoms with Gasteiger partial charge in [-0.25, -0.2) is 4.79 Å². The van der Waals surface area contributed by atoms with Crippen LogP contribution in [0.2, 0.25) is 0 Å². The van der Waals surface area contributed by atoms with Crippen molar-refractivity contribution in [1.82, 2.24) is 20.0 Å². The van der Waals surface area contributed by atoms with Crippen molar-refractivity contribution in [2.24, 2.45) is 23.7 Å². The number of hydrogen-bond acceptors (Lipinski definition) is 8. The Hall–Kier alpha value is -4.49. The summed E-state index contributed by atoms with van der Waals surface area (Å²) in [6, 6.07) is 13.4. The summed E-state index contributed by atoms with van der Waals surface area (Å²) in [5.41, 5.74) is 4.40. The number of nitrogens with zero attached hydrogens (tertiary/aromatic N) is 3. The molecule has 2 aromatic rings. The highest BCUT2D eigenvalue weighted by atomic mass is 16.6. The number of likely N-dealkylation sites (N-methyl/N-ethyl adjacent to an activating group) is 2. The van der Waals surface area contributed by atoms with Crippen molar-refractivity contribution in [2.45, 2.75) is 116 Å². The first-order valence-electron chi connectivity index (χ1n) is 20.7. The first kappa shape index (κ1) is 46.2. The van der Waals surface area contributed by atoms with E-state index in [0.717, 1.165) is 28.7 Å². The lowest BCUT2D eigenvalue weighted by Crippen LogP contribution is -2.60. The predicted octanol–water partition coefficient (Wildman–Crippen LogP) is 6.04. The summed E-state index contributed by atoms with van der Waals surface area (Å²) < 4.78 is 17.5. The maximum absolute atomic E-state index is 14.5. The molecule has 0 bridgehead atoms. The van der Waals surface area contributed by atoms with Crippen LogP contribution in [0.1, 0.15) is 91.2 Å². The number of hydrogen-bond donors (Lipinski definition) is 2. The average Bonchev–Trinajstić information content (AvgIpc) is 3.81. The first-order chi connectivity index (χ1) is 27.5. The van der Waals surface area contributed by atoms with E-state index in [9.17, 15) is 29.1 Å². The largest absolute Gasteiger partial charge is 0.481 e. The molecule has 1 aliphatic heterocycles. The Morgan fingerprint density at radius 3 is 1.95 bits per heavy atom. The third kappa shape index (κ3) is 10.0. The van der Waals surface area contributed by atoms with E-state index in [1.165, 1.54) is 19.1 Å². The summed E-state index contributed by atoms with van der Waals surface area (Å²) in [6.07, 6.45) is -0.0118. The maximum Gasteiger partial charge on any atom is 0.410 e. The second-order valence-electron chi connectivity index (χ2n) is 16.8. The molecule has 13 nitrogen and oxygen atoms in total. The van der Waals surface area contributed by atoms with Crippen molar-refractivity contribution in [1.29, 1.82) is 0 Å². The van der Waals surface area contributed by atoms with Gasteiger partial charge in [-0.3, -0.25) is 24.1 Å². The molecule has 1 fully saturated rings. The van der Waals surface area contributed by atoms with Crippen LogP contribution >= 0.6 is 0 Å². The van der Waals surface area contributed by atoms with Gasteiger partial charge in [0.25, 0.3) is 0 Å². The topological polar surface area (TPSA) is 155 Å². The molecule has 8 atom stereocenters. The molecule has 1 aliphatic carbocycles. The van der Waals surface area contributed by atoms with Gasteiger partial charge in [-0.15, -0.1) is 0 Å². The van der Waals surface area contributed by atoms with Gasteiger partial charge in [-0.1, -0.05) is 96.5 Å². The molecule has 1 heterocycles. The van der Waals surface area contributed by atoms with Crippen LogP contribution in [0.15, 0.2) is 48.5 Å². The third-order valence-corrected chi connectivity index (χ3v) is 12.4. The number of carbonyl (C=O) groups is 5. The highest BCUT2D eigenvalue weighted by molar-refractivity contribution is 5.92. The molecule has 0 radical (unpaired) electrons. The molecule has 2 N–H and O–H groups in total. The lowest BCUT2D eigenvalue weighted by atomic mass is 9.89. The molecule has 58 heavy (non-hydrogen) atoms. The molecule has 2 aromatic carbocycles. The average molecular weight is 807 g/mol. The van der Waals surface area contributed by atoms with Crippen LogP contribution in [0.4, 0.5) is 4.79 Å². The van der Waals surface area contributed by atoms with Crippen LogP contribution in [0.25, 0.3) is 11.1 Å². The molecular weight excluding hydrogens is 741 g/mol. The minimum atomic E-state index is -0.992. The lowest BCUT2D eigenvalue weighted by molar-refractivity contribution is -0.152. The van der Waals surface area contributed by atoms with Crippen LogP contribution in [-0.2, 0) is 33.4 Å². The van der Waals surface area contributed by atoms with Gasteiger partial charge in [-0.2, -0.15) is 0 Å².